The molecule has 7 rings (SSSR count). The Morgan fingerprint density at radius 2 is 1.67 bits per heavy atom. The van der Waals surface area contributed by atoms with Crippen molar-refractivity contribution >= 4 is 29.3 Å². The fourth-order valence-electron chi connectivity index (χ4n) is 10.0. The second kappa shape index (κ2) is 18.7. The monoisotopic (exact) mass is 866 g/mol. The Bertz CT molecular complexity index is 2210. The van der Waals surface area contributed by atoms with E-state index in [1.54, 1.807) is 13.2 Å². The van der Waals surface area contributed by atoms with Gasteiger partial charge >= 0.3 is 0 Å². The molecule has 2 atom stereocenters. The van der Waals surface area contributed by atoms with E-state index in [9.17, 15) is 24.4 Å². The zero-order valence-corrected chi connectivity index (χ0v) is 37.2. The number of hydrogen-bond acceptors (Lipinski definition) is 11. The Hall–Kier alpha value is -5.56. The first-order valence-corrected chi connectivity index (χ1v) is 21.8. The fraction of sp³-hybridized carbons (Fsp3) is 0.521. The lowest BCUT2D eigenvalue weighted by Gasteiger charge is -2.63. The van der Waals surface area contributed by atoms with E-state index in [1.165, 1.54) is 12.1 Å². The van der Waals surface area contributed by atoms with Crippen LogP contribution in [0.4, 0.5) is 10.1 Å². The largest absolute Gasteiger partial charge is 0.490 e. The zero-order valence-electron chi connectivity index (χ0n) is 37.2. The summed E-state index contributed by atoms with van der Waals surface area (Å²) in [5.74, 6) is -1.60. The van der Waals surface area contributed by atoms with Crippen molar-refractivity contribution in [3.63, 3.8) is 0 Å². The first-order chi connectivity index (χ1) is 30.0. The number of carbonyl (C=O) groups excluding carboxylic acids is 4. The van der Waals surface area contributed by atoms with Gasteiger partial charge in [0.2, 0.25) is 11.8 Å². The predicted octanol–water partition coefficient (Wildman–Crippen LogP) is 5.22. The average molecular weight is 867 g/mol. The van der Waals surface area contributed by atoms with Crippen LogP contribution < -0.4 is 30.3 Å². The molecule has 2 saturated carbocycles. The van der Waals surface area contributed by atoms with Gasteiger partial charge in [0.15, 0.2) is 0 Å². The number of benzene rings is 3. The number of anilines is 1. The molecule has 2 aliphatic heterocycles. The topological polar surface area (TPSA) is 172 Å². The lowest BCUT2D eigenvalue weighted by molar-refractivity contribution is -0.164. The molecular formula is C48H59FN6O8. The number of methoxy groups -OCH3 is 1. The minimum atomic E-state index is -0.903. The minimum Gasteiger partial charge on any atom is -0.490 e. The molecule has 3 aromatic carbocycles. The Morgan fingerprint density at radius 1 is 0.968 bits per heavy atom. The summed E-state index contributed by atoms with van der Waals surface area (Å²) in [6, 6.07) is 17.1. The number of imide groups is 1. The summed E-state index contributed by atoms with van der Waals surface area (Å²) >= 11 is 0. The molecule has 0 bridgehead atoms. The Morgan fingerprint density at radius 3 is 2.30 bits per heavy atom. The molecule has 4 amide bonds. The van der Waals surface area contributed by atoms with E-state index in [2.05, 4.69) is 59.5 Å². The van der Waals surface area contributed by atoms with Crippen molar-refractivity contribution in [1.82, 2.24) is 20.9 Å². The fourth-order valence-corrected chi connectivity index (χ4v) is 10.0. The number of amides is 4. The Kier molecular flexibility index (Phi) is 13.5. The first-order valence-electron chi connectivity index (χ1n) is 21.8. The highest BCUT2D eigenvalue weighted by Gasteiger charge is 2.64. The molecule has 0 radical (unpaired) electrons. The number of ether oxygens (including phenoxy) is 4. The first kappa shape index (κ1) is 45.5. The van der Waals surface area contributed by atoms with Gasteiger partial charge in [-0.1, -0.05) is 27.7 Å². The molecule has 3 N–H and O–H groups in total. The van der Waals surface area contributed by atoms with Gasteiger partial charge in [-0.3, -0.25) is 29.4 Å². The van der Waals surface area contributed by atoms with Gasteiger partial charge in [0, 0.05) is 92.8 Å². The van der Waals surface area contributed by atoms with Crippen LogP contribution in [-0.2, 0) is 19.1 Å². The van der Waals surface area contributed by atoms with Gasteiger partial charge in [-0.25, -0.2) is 4.39 Å². The number of nitrogens with zero attached hydrogens (tertiary/aromatic N) is 3. The van der Waals surface area contributed by atoms with Crippen LogP contribution in [0.25, 0.3) is 0 Å². The number of aryl methyl sites for hydroxylation is 2. The van der Waals surface area contributed by atoms with E-state index in [-0.39, 0.29) is 65.5 Å². The number of rotatable bonds is 15. The van der Waals surface area contributed by atoms with Crippen LogP contribution in [0.2, 0.25) is 0 Å². The maximum Gasteiger partial charge on any atom is 0.254 e. The summed E-state index contributed by atoms with van der Waals surface area (Å²) in [4.78, 5) is 54.5. The number of morpholine rings is 1. The second-order valence-electron chi connectivity index (χ2n) is 18.5. The van der Waals surface area contributed by atoms with E-state index >= 15 is 4.39 Å². The molecule has 336 valence electrons. The molecule has 14 nitrogen and oxygen atoms in total. The van der Waals surface area contributed by atoms with Gasteiger partial charge in [-0.2, -0.15) is 5.26 Å². The Balaban J connectivity index is 0.895. The number of carbonyl (C=O) groups is 4. The molecule has 0 unspecified atom stereocenters. The third kappa shape index (κ3) is 9.83. The quantitative estimate of drug-likeness (QED) is 0.171. The van der Waals surface area contributed by atoms with Crippen molar-refractivity contribution in [3.8, 4) is 17.6 Å². The van der Waals surface area contributed by atoms with Crippen molar-refractivity contribution in [3.05, 3.63) is 88.2 Å². The third-order valence-electron chi connectivity index (χ3n) is 13.3. The van der Waals surface area contributed by atoms with E-state index in [0.29, 0.717) is 49.7 Å². The molecule has 3 aromatic rings. The van der Waals surface area contributed by atoms with Gasteiger partial charge in [-0.15, -0.1) is 0 Å². The second-order valence-corrected chi connectivity index (χ2v) is 18.5. The van der Waals surface area contributed by atoms with E-state index in [0.717, 1.165) is 42.0 Å². The number of nitrogens with one attached hydrogen (secondary N) is 3. The van der Waals surface area contributed by atoms with Gasteiger partial charge < -0.3 is 34.5 Å². The molecule has 2 heterocycles. The summed E-state index contributed by atoms with van der Waals surface area (Å²) < 4.78 is 39.4. The molecule has 4 aliphatic rings. The van der Waals surface area contributed by atoms with Crippen LogP contribution >= 0.6 is 0 Å². The third-order valence-corrected chi connectivity index (χ3v) is 13.3. The molecule has 2 saturated heterocycles. The van der Waals surface area contributed by atoms with Crippen LogP contribution in [0.1, 0.15) is 90.8 Å². The average Bonchev–Trinajstić information content (AvgIpc) is 3.22. The molecule has 63 heavy (non-hydrogen) atoms. The van der Waals surface area contributed by atoms with Crippen LogP contribution in [0.3, 0.4) is 0 Å². The van der Waals surface area contributed by atoms with E-state index < -0.39 is 29.6 Å². The van der Waals surface area contributed by atoms with Crippen molar-refractivity contribution in [2.75, 3.05) is 51.4 Å². The summed E-state index contributed by atoms with van der Waals surface area (Å²) in [5, 5.41) is 17.5. The Labute approximate surface area is 368 Å². The number of piperidine rings is 1. The molecule has 4 fully saturated rings. The maximum absolute atomic E-state index is 15.1. The number of nitriles is 1. The SMILES string of the molecule is COCCN(C[C@H]1CN(c2ccc(C(=O)NC3C(C)(C)C(Oc4cc(C)c(C#N)c(C)c4)C3(C)C)cc2)CCO1)C1CC(Oc2ccc(C(=O)N[C@@H]3CCC(=O)NC3=O)c(F)c2)C1. The van der Waals surface area contributed by atoms with Crippen molar-refractivity contribution < 1.29 is 42.5 Å². The highest BCUT2D eigenvalue weighted by molar-refractivity contribution is 6.03. The van der Waals surface area contributed by atoms with Crippen molar-refractivity contribution in [2.45, 2.75) is 104 Å². The standard InChI is InChI=1S/C48H59FN6O8/c1-28-20-34(21-29(2)38(28)25-50)63-46-47(3,4)45(48(46,5)6)53-42(57)30-8-10-31(11-9-30)54-17-19-61-36(26-54)27-55(16-18-60-7)32-22-35(23-32)62-33-12-13-37(39(49)24-33)43(58)51-40-14-15-41(56)52-44(40)59/h8-13,20-21,24,32,35-36,40,45-46H,14-19,22-23,26-27H2,1-7H3,(H,51,58)(H,53,57)(H,52,56,59)/t32?,35?,36-,40-,45?,46?/m1/s1. The summed E-state index contributed by atoms with van der Waals surface area (Å²) in [5.41, 5.74) is 3.11. The van der Waals surface area contributed by atoms with Crippen LogP contribution in [0, 0.1) is 41.8 Å². The minimum absolute atomic E-state index is 0.0677. The summed E-state index contributed by atoms with van der Waals surface area (Å²) in [6.07, 6.45) is 1.35. The van der Waals surface area contributed by atoms with Gasteiger partial charge in [0.1, 0.15) is 35.6 Å². The van der Waals surface area contributed by atoms with Crippen LogP contribution in [-0.4, -0.2) is 111 Å². The predicted molar refractivity (Wildman–Crippen MR) is 233 cm³/mol. The molecule has 0 aromatic heterocycles. The highest BCUT2D eigenvalue weighted by atomic mass is 19.1. The summed E-state index contributed by atoms with van der Waals surface area (Å²) in [7, 11) is 1.68. The van der Waals surface area contributed by atoms with Crippen LogP contribution in [0.15, 0.2) is 54.6 Å². The molecule has 2 aliphatic carbocycles. The maximum atomic E-state index is 15.1. The highest BCUT2D eigenvalue weighted by Crippen LogP contribution is 2.55. The van der Waals surface area contributed by atoms with Crippen molar-refractivity contribution in [1.29, 1.82) is 5.26 Å². The summed E-state index contributed by atoms with van der Waals surface area (Å²) in [6.45, 7) is 16.2. The van der Waals surface area contributed by atoms with Gasteiger partial charge in [0.05, 0.1) is 36.5 Å². The molecule has 15 heteroatoms. The van der Waals surface area contributed by atoms with E-state index in [4.69, 9.17) is 18.9 Å². The van der Waals surface area contributed by atoms with E-state index in [1.807, 2.05) is 50.2 Å². The smallest absolute Gasteiger partial charge is 0.254 e. The van der Waals surface area contributed by atoms with Crippen molar-refractivity contribution in [2.24, 2.45) is 10.8 Å². The number of halogens is 1. The molecular weight excluding hydrogens is 808 g/mol. The van der Waals surface area contributed by atoms with Gasteiger partial charge in [-0.05, 0) is 79.9 Å². The number of hydrogen-bond donors (Lipinski definition) is 3. The lowest BCUT2D eigenvalue weighted by atomic mass is 9.49. The lowest BCUT2D eigenvalue weighted by Crippen LogP contribution is -2.74. The zero-order chi connectivity index (χ0) is 45.2. The normalized spacial score (nSPS) is 24.9. The van der Waals surface area contributed by atoms with Gasteiger partial charge in [0.25, 0.3) is 11.8 Å². The molecule has 0 spiro atoms. The van der Waals surface area contributed by atoms with Crippen LogP contribution in [0.5, 0.6) is 11.5 Å².